The fourth-order valence-corrected chi connectivity index (χ4v) is 4.95. The predicted molar refractivity (Wildman–Crippen MR) is 134 cm³/mol. The van der Waals surface area contributed by atoms with Crippen molar-refractivity contribution in [2.24, 2.45) is 0 Å². The zero-order valence-corrected chi connectivity index (χ0v) is 20.1. The maximum atomic E-state index is 13.5. The average Bonchev–Trinajstić information content (AvgIpc) is 3.39. The molecule has 2 aliphatic heterocycles. The molecule has 2 saturated heterocycles. The number of pyridine rings is 1. The number of nitrogens with zero attached hydrogens (tertiary/aromatic N) is 6. The maximum Gasteiger partial charge on any atom is 0.337 e. The van der Waals surface area contributed by atoms with Gasteiger partial charge in [0.2, 0.25) is 5.95 Å². The molecule has 4 heterocycles. The SMILES string of the molecule is C[C@@H]1CN(c2ncc(C(=O)O)cc2Cl)CCN1c1cc(-c2ccc(F)cc2)nc(N2CCCC2)n1. The smallest absolute Gasteiger partial charge is 0.337 e. The van der Waals surface area contributed by atoms with Gasteiger partial charge in [0.25, 0.3) is 0 Å². The highest BCUT2D eigenvalue weighted by Crippen LogP contribution is 2.31. The molecule has 1 N–H and O–H groups in total. The van der Waals surface area contributed by atoms with Gasteiger partial charge in [-0.1, -0.05) is 11.6 Å². The third-order valence-corrected chi connectivity index (χ3v) is 6.80. The molecule has 3 aromatic rings. The minimum Gasteiger partial charge on any atom is -0.478 e. The molecule has 0 bridgehead atoms. The summed E-state index contributed by atoms with van der Waals surface area (Å²) in [5.74, 6) is 0.766. The Morgan fingerprint density at radius 1 is 1.06 bits per heavy atom. The van der Waals surface area contributed by atoms with Gasteiger partial charge in [0.1, 0.15) is 17.5 Å². The number of halogens is 2. The van der Waals surface area contributed by atoms with Gasteiger partial charge in [-0.3, -0.25) is 0 Å². The third kappa shape index (κ3) is 4.86. The van der Waals surface area contributed by atoms with Crippen LogP contribution < -0.4 is 14.7 Å². The summed E-state index contributed by atoms with van der Waals surface area (Å²) in [4.78, 5) is 31.8. The monoisotopic (exact) mass is 496 g/mol. The molecular weight excluding hydrogens is 471 g/mol. The quantitative estimate of drug-likeness (QED) is 0.558. The maximum absolute atomic E-state index is 13.5. The van der Waals surface area contributed by atoms with Crippen molar-refractivity contribution in [1.29, 1.82) is 0 Å². The van der Waals surface area contributed by atoms with E-state index in [1.807, 2.05) is 6.07 Å². The summed E-state index contributed by atoms with van der Waals surface area (Å²) in [6.07, 6.45) is 3.56. The first-order valence-electron chi connectivity index (χ1n) is 11.7. The summed E-state index contributed by atoms with van der Waals surface area (Å²) in [6.45, 7) is 5.94. The lowest BCUT2D eigenvalue weighted by atomic mass is 10.1. The van der Waals surface area contributed by atoms with Gasteiger partial charge in [0.15, 0.2) is 0 Å². The molecule has 0 aliphatic carbocycles. The lowest BCUT2D eigenvalue weighted by Gasteiger charge is -2.41. The highest BCUT2D eigenvalue weighted by molar-refractivity contribution is 6.33. The number of anilines is 3. The Bertz CT molecular complexity index is 1240. The van der Waals surface area contributed by atoms with E-state index in [-0.39, 0.29) is 17.4 Å². The summed E-state index contributed by atoms with van der Waals surface area (Å²) in [6, 6.07) is 9.86. The number of hydrogen-bond donors (Lipinski definition) is 1. The van der Waals surface area contributed by atoms with Crippen LogP contribution in [-0.2, 0) is 0 Å². The van der Waals surface area contributed by atoms with E-state index in [0.717, 1.165) is 43.0 Å². The van der Waals surface area contributed by atoms with Crippen LogP contribution in [0.2, 0.25) is 5.02 Å². The van der Waals surface area contributed by atoms with Crippen LogP contribution >= 0.6 is 11.6 Å². The lowest BCUT2D eigenvalue weighted by molar-refractivity contribution is 0.0696. The van der Waals surface area contributed by atoms with Crippen LogP contribution in [0.15, 0.2) is 42.6 Å². The topological polar surface area (TPSA) is 85.7 Å². The molecule has 5 rings (SSSR count). The largest absolute Gasteiger partial charge is 0.478 e. The van der Waals surface area contributed by atoms with E-state index in [1.54, 1.807) is 12.1 Å². The van der Waals surface area contributed by atoms with Crippen molar-refractivity contribution in [1.82, 2.24) is 15.0 Å². The fraction of sp³-hybridized carbons (Fsp3) is 0.360. The second-order valence-corrected chi connectivity index (χ2v) is 9.34. The molecule has 1 atom stereocenters. The minimum absolute atomic E-state index is 0.0641. The number of carbonyl (C=O) groups is 1. The first kappa shape index (κ1) is 23.3. The molecule has 10 heteroatoms. The van der Waals surface area contributed by atoms with E-state index in [9.17, 15) is 14.3 Å². The minimum atomic E-state index is -1.06. The highest BCUT2D eigenvalue weighted by atomic mass is 35.5. The van der Waals surface area contributed by atoms with Crippen LogP contribution in [0.1, 0.15) is 30.1 Å². The number of benzene rings is 1. The summed E-state index contributed by atoms with van der Waals surface area (Å²) in [5.41, 5.74) is 1.67. The number of carboxylic acid groups (broad SMARTS) is 1. The number of carboxylic acids is 1. The van der Waals surface area contributed by atoms with Crippen LogP contribution in [0.5, 0.6) is 0 Å². The van der Waals surface area contributed by atoms with Gasteiger partial charge >= 0.3 is 5.97 Å². The molecule has 0 saturated carbocycles. The summed E-state index contributed by atoms with van der Waals surface area (Å²) in [7, 11) is 0. The molecule has 2 fully saturated rings. The number of piperazine rings is 1. The van der Waals surface area contributed by atoms with Crippen molar-refractivity contribution >= 4 is 35.2 Å². The molecule has 0 unspecified atom stereocenters. The second-order valence-electron chi connectivity index (χ2n) is 8.94. The molecule has 1 aromatic carbocycles. The van der Waals surface area contributed by atoms with Crippen LogP contribution in [0.25, 0.3) is 11.3 Å². The Morgan fingerprint density at radius 2 is 1.80 bits per heavy atom. The van der Waals surface area contributed by atoms with E-state index >= 15 is 0 Å². The number of aromatic nitrogens is 3. The Hall–Kier alpha value is -3.46. The first-order chi connectivity index (χ1) is 16.9. The van der Waals surface area contributed by atoms with Gasteiger partial charge in [0.05, 0.1) is 16.3 Å². The molecule has 8 nitrogen and oxygen atoms in total. The van der Waals surface area contributed by atoms with Crippen molar-refractivity contribution in [3.63, 3.8) is 0 Å². The fourth-order valence-electron chi connectivity index (χ4n) is 4.67. The van der Waals surface area contributed by atoms with Gasteiger partial charge in [-0.15, -0.1) is 0 Å². The molecule has 35 heavy (non-hydrogen) atoms. The van der Waals surface area contributed by atoms with Gasteiger partial charge in [-0.05, 0) is 50.1 Å². The number of rotatable bonds is 5. The third-order valence-electron chi connectivity index (χ3n) is 6.52. The molecule has 0 amide bonds. The van der Waals surface area contributed by atoms with Crippen molar-refractivity contribution in [3.8, 4) is 11.3 Å². The molecular formula is C25H26ClFN6O2. The van der Waals surface area contributed by atoms with E-state index in [2.05, 4.69) is 26.6 Å². The molecule has 2 aliphatic rings. The Labute approximate surface area is 208 Å². The molecule has 182 valence electrons. The average molecular weight is 497 g/mol. The number of aromatic carboxylic acids is 1. The van der Waals surface area contributed by atoms with Crippen molar-refractivity contribution in [3.05, 3.63) is 59.0 Å². The summed E-state index contributed by atoms with van der Waals surface area (Å²) < 4.78 is 13.5. The van der Waals surface area contributed by atoms with Crippen LogP contribution in [-0.4, -0.2) is 64.8 Å². The number of hydrogen-bond acceptors (Lipinski definition) is 7. The Balaban J connectivity index is 1.42. The standard InChI is InChI=1S/C25H26ClFN6O2/c1-16-15-32(23-20(26)12-18(14-28-23)24(34)35)10-11-33(16)22-13-21(17-4-6-19(27)7-5-17)29-25(30-22)31-8-2-3-9-31/h4-7,12-14,16H,2-3,8-11,15H2,1H3,(H,34,35)/t16-/m1/s1. The van der Waals surface area contributed by atoms with Gasteiger partial charge in [0, 0.05) is 56.6 Å². The van der Waals surface area contributed by atoms with Crippen LogP contribution in [0, 0.1) is 5.82 Å². The van der Waals surface area contributed by atoms with E-state index in [0.29, 0.717) is 36.4 Å². The normalized spacial score (nSPS) is 18.3. The zero-order valence-electron chi connectivity index (χ0n) is 19.4. The van der Waals surface area contributed by atoms with Crippen molar-refractivity contribution in [2.75, 3.05) is 47.4 Å². The van der Waals surface area contributed by atoms with Gasteiger partial charge < -0.3 is 19.8 Å². The lowest BCUT2D eigenvalue weighted by Crippen LogP contribution is -2.52. The Kier molecular flexibility index (Phi) is 6.42. The van der Waals surface area contributed by atoms with Crippen LogP contribution in [0.3, 0.4) is 0 Å². The molecule has 0 radical (unpaired) electrons. The summed E-state index contributed by atoms with van der Waals surface area (Å²) in [5, 5.41) is 9.50. The van der Waals surface area contributed by atoms with E-state index < -0.39 is 5.97 Å². The molecule has 2 aromatic heterocycles. The van der Waals surface area contributed by atoms with E-state index in [4.69, 9.17) is 21.6 Å². The van der Waals surface area contributed by atoms with E-state index in [1.165, 1.54) is 24.4 Å². The van der Waals surface area contributed by atoms with Gasteiger partial charge in [-0.25, -0.2) is 19.2 Å². The van der Waals surface area contributed by atoms with Gasteiger partial charge in [-0.2, -0.15) is 4.98 Å². The first-order valence-corrected chi connectivity index (χ1v) is 12.1. The summed E-state index contributed by atoms with van der Waals surface area (Å²) >= 11 is 6.37. The van der Waals surface area contributed by atoms with Crippen molar-refractivity contribution < 1.29 is 14.3 Å². The zero-order chi connectivity index (χ0) is 24.5. The molecule has 0 spiro atoms. The Morgan fingerprint density at radius 3 is 2.46 bits per heavy atom. The highest BCUT2D eigenvalue weighted by Gasteiger charge is 2.28. The van der Waals surface area contributed by atoms with Crippen molar-refractivity contribution in [2.45, 2.75) is 25.8 Å². The van der Waals surface area contributed by atoms with Crippen LogP contribution in [0.4, 0.5) is 22.0 Å². The predicted octanol–water partition coefficient (Wildman–Crippen LogP) is 4.34. The second kappa shape index (κ2) is 9.65.